The molecule has 1 amide bonds. The highest BCUT2D eigenvalue weighted by molar-refractivity contribution is 7.98. The second kappa shape index (κ2) is 16.7. The first-order valence-electron chi connectivity index (χ1n) is 26.1. The lowest BCUT2D eigenvalue weighted by Gasteiger charge is -2.39. The number of piperidine rings is 1. The summed E-state index contributed by atoms with van der Waals surface area (Å²) in [5.74, 6) is -6.48. The number of likely N-dealkylation sites (tertiary alicyclic amines) is 1. The van der Waals surface area contributed by atoms with Gasteiger partial charge >= 0.3 is 6.18 Å². The number of rotatable bonds is 12. The summed E-state index contributed by atoms with van der Waals surface area (Å²) in [5.41, 5.74) is -14.3. The van der Waals surface area contributed by atoms with E-state index in [4.69, 9.17) is 28.0 Å². The summed E-state index contributed by atoms with van der Waals surface area (Å²) in [5, 5.41) is -2.63. The number of aromatic nitrogens is 1. The van der Waals surface area contributed by atoms with Crippen LogP contribution in [0.5, 0.6) is 0 Å². The SMILES string of the molecule is [2H]c1c([2H])c(F)c(F)c(C([2H])([2H])Sc2c([2H])c(=O)c3c([2H])c([2H])c([2H])c([2H])c3n2C([2H])([2H])C(=O)N(C2CCN(CCOC)CC2)C([2H])([2H])c2c([2H])c([2H])c(-c3c([2H])c([2H])c(C(F)(F)F)c(C)c3[2H])c([2H])c2[2H])c1[2H]. The molecule has 1 fully saturated rings. The summed E-state index contributed by atoms with van der Waals surface area (Å²) in [6, 6.07) is -21.7. The molecule has 6 rings (SSSR count). The molecule has 0 radical (unpaired) electrons. The molecule has 12 heteroatoms. The van der Waals surface area contributed by atoms with Crippen molar-refractivity contribution in [2.75, 3.05) is 33.4 Å². The zero-order chi connectivity index (χ0) is 56.1. The van der Waals surface area contributed by atoms with Crippen LogP contribution < -0.4 is 5.43 Å². The molecule has 6 nitrogen and oxygen atoms in total. The molecular weight excluding hydrogens is 710 g/mol. The highest BCUT2D eigenvalue weighted by Crippen LogP contribution is 2.34. The minimum absolute atomic E-state index is 0.00861. The fourth-order valence-electron chi connectivity index (χ4n) is 5.27. The zero-order valence-corrected chi connectivity index (χ0v) is 28.5. The van der Waals surface area contributed by atoms with Gasteiger partial charge in [-0.3, -0.25) is 9.59 Å². The summed E-state index contributed by atoms with van der Waals surface area (Å²) in [4.78, 5) is 31.5. The van der Waals surface area contributed by atoms with E-state index in [0.29, 0.717) is 0 Å². The molecule has 0 bridgehead atoms. The van der Waals surface area contributed by atoms with Crippen LogP contribution in [-0.4, -0.2) is 59.7 Å². The van der Waals surface area contributed by atoms with Gasteiger partial charge in [-0.15, -0.1) is 11.8 Å². The van der Waals surface area contributed by atoms with Gasteiger partial charge in [-0.1, -0.05) is 60.4 Å². The normalized spacial score (nSPS) is 20.6. The number of carbonyl (C=O) groups excluding carboxylic acids is 1. The Balaban J connectivity index is 1.69. The van der Waals surface area contributed by atoms with Crippen LogP contribution in [0, 0.1) is 18.6 Å². The first-order chi connectivity index (χ1) is 34.0. The van der Waals surface area contributed by atoms with Crippen LogP contribution in [0.25, 0.3) is 22.0 Å². The lowest BCUT2D eigenvalue weighted by Crippen LogP contribution is -2.48. The number of nitrogens with zero attached hydrogens (tertiary/aromatic N) is 3. The number of carbonyl (C=O) groups is 1. The van der Waals surface area contributed by atoms with Gasteiger partial charge in [0.15, 0.2) is 17.1 Å². The second-order valence-electron chi connectivity index (χ2n) is 11.4. The molecule has 0 N–H and O–H groups in total. The van der Waals surface area contributed by atoms with E-state index in [1.807, 2.05) is 0 Å². The zero-order valence-electron chi connectivity index (χ0n) is 48.7. The Kier molecular flexibility index (Phi) is 6.19. The number of amides is 1. The number of pyridine rings is 1. The Morgan fingerprint density at radius 1 is 0.981 bits per heavy atom. The van der Waals surface area contributed by atoms with Crippen LogP contribution in [0.2, 0.25) is 0 Å². The fourth-order valence-corrected chi connectivity index (χ4v) is 5.98. The number of hydrogen-bond acceptors (Lipinski definition) is 5. The van der Waals surface area contributed by atoms with Crippen LogP contribution in [-0.2, 0) is 34.4 Å². The van der Waals surface area contributed by atoms with E-state index < -0.39 is 206 Å². The van der Waals surface area contributed by atoms with E-state index in [-0.39, 0.29) is 48.5 Å². The number of alkyl halides is 3. The summed E-state index contributed by atoms with van der Waals surface area (Å²) >= 11 is -0.579. The first kappa shape index (κ1) is 19.7. The third-order valence-electron chi connectivity index (χ3n) is 7.91. The van der Waals surface area contributed by atoms with E-state index in [1.165, 1.54) is 7.11 Å². The molecular formula is C41H40F5N3O3S. The molecule has 1 aromatic heterocycles. The average Bonchev–Trinajstić information content (AvgIpc) is 3.31. The maximum atomic E-state index is 15.6. The van der Waals surface area contributed by atoms with Crippen molar-refractivity contribution in [3.63, 3.8) is 0 Å². The van der Waals surface area contributed by atoms with Gasteiger partial charge in [0.1, 0.15) is 6.50 Å². The van der Waals surface area contributed by atoms with Gasteiger partial charge in [0.25, 0.3) is 0 Å². The highest BCUT2D eigenvalue weighted by atomic mass is 32.2. The number of para-hydroxylation sites is 1. The van der Waals surface area contributed by atoms with Gasteiger partial charge < -0.3 is 19.1 Å². The van der Waals surface area contributed by atoms with Crippen molar-refractivity contribution in [3.8, 4) is 11.1 Å². The van der Waals surface area contributed by atoms with E-state index >= 15 is 9.18 Å². The maximum absolute atomic E-state index is 15.6. The Morgan fingerprint density at radius 2 is 1.70 bits per heavy atom. The average molecular weight is 771 g/mol. The lowest BCUT2D eigenvalue weighted by atomic mass is 9.98. The van der Waals surface area contributed by atoms with Crippen molar-refractivity contribution in [2.45, 2.75) is 55.7 Å². The summed E-state index contributed by atoms with van der Waals surface area (Å²) in [6.45, 7) is -6.78. The molecule has 5 aromatic rings. The van der Waals surface area contributed by atoms with Crippen LogP contribution in [0.15, 0.2) is 100 Å². The minimum Gasteiger partial charge on any atom is -0.383 e. The van der Waals surface area contributed by atoms with Crippen molar-refractivity contribution in [1.29, 1.82) is 0 Å². The minimum atomic E-state index is -5.26. The Bertz CT molecular complexity index is 3160. The molecule has 0 spiro atoms. The fraction of sp³-hybridized carbons (Fsp3) is 0.317. The Hall–Kier alpha value is -4.52. The van der Waals surface area contributed by atoms with Gasteiger partial charge in [0.05, 0.1) is 48.8 Å². The molecule has 0 saturated carbocycles. The van der Waals surface area contributed by atoms with Crippen molar-refractivity contribution in [2.24, 2.45) is 0 Å². The van der Waals surface area contributed by atoms with Crippen LogP contribution in [0.4, 0.5) is 22.0 Å². The van der Waals surface area contributed by atoms with E-state index in [9.17, 15) is 27.8 Å². The van der Waals surface area contributed by atoms with E-state index in [1.54, 1.807) is 4.90 Å². The Morgan fingerprint density at radius 3 is 2.42 bits per heavy atom. The largest absolute Gasteiger partial charge is 0.416 e. The first-order valence-corrected chi connectivity index (χ1v) is 16.4. The predicted molar refractivity (Wildman–Crippen MR) is 198 cm³/mol. The molecule has 278 valence electrons. The number of hydrogen-bond donors (Lipinski definition) is 0. The van der Waals surface area contributed by atoms with Gasteiger partial charge in [0.2, 0.25) is 5.91 Å². The lowest BCUT2D eigenvalue weighted by molar-refractivity contribution is -0.138. The van der Waals surface area contributed by atoms with Crippen molar-refractivity contribution < 1.29 is 60.3 Å². The summed E-state index contributed by atoms with van der Waals surface area (Å²) in [6.07, 6.45) is -5.84. The van der Waals surface area contributed by atoms with Crippen LogP contribution >= 0.6 is 11.8 Å². The quantitative estimate of drug-likeness (QED) is 0.0940. The maximum Gasteiger partial charge on any atom is 0.416 e. The van der Waals surface area contributed by atoms with Gasteiger partial charge in [-0.25, -0.2) is 8.78 Å². The summed E-state index contributed by atoms with van der Waals surface area (Å²) < 4.78 is 262. The van der Waals surface area contributed by atoms with Crippen molar-refractivity contribution >= 4 is 28.6 Å². The van der Waals surface area contributed by atoms with Gasteiger partial charge in [-0.05, 0) is 66.2 Å². The van der Waals surface area contributed by atoms with Gasteiger partial charge in [-0.2, -0.15) is 13.2 Å². The molecule has 1 aliphatic heterocycles. The molecule has 1 aliphatic rings. The van der Waals surface area contributed by atoms with E-state index in [2.05, 4.69) is 0 Å². The topological polar surface area (TPSA) is 54.8 Å². The van der Waals surface area contributed by atoms with Crippen LogP contribution in [0.3, 0.4) is 0 Å². The van der Waals surface area contributed by atoms with Crippen molar-refractivity contribution in [1.82, 2.24) is 14.4 Å². The molecule has 0 unspecified atom stereocenters. The van der Waals surface area contributed by atoms with Crippen LogP contribution in [0.1, 0.15) is 63.9 Å². The monoisotopic (exact) mass is 770 g/mol. The molecule has 0 atom stereocenters. The Labute approximate surface area is 338 Å². The third kappa shape index (κ3) is 9.00. The smallest absolute Gasteiger partial charge is 0.383 e. The number of ether oxygens (including phenoxy) is 1. The second-order valence-corrected chi connectivity index (χ2v) is 12.2. The number of thioether (sulfide) groups is 1. The molecule has 2 heterocycles. The van der Waals surface area contributed by atoms with Crippen molar-refractivity contribution in [3.05, 3.63) is 135 Å². The molecule has 1 saturated heterocycles. The molecule has 0 aliphatic carbocycles. The number of halogens is 5. The van der Waals surface area contributed by atoms with E-state index in [0.717, 1.165) is 6.92 Å². The molecule has 4 aromatic carbocycles. The molecule has 53 heavy (non-hydrogen) atoms. The standard InChI is InChI=1S/C41H40F5N3O3S/c1-27-22-30(14-15-34(27)41(44,45)46)29-12-10-28(11-13-29)24-48(32-16-18-47(19-17-32)20-21-52-2)38(51)25-49-36-9-4-3-7-33(36)37(50)23-39(49)53-26-31-6-5-8-35(42)40(31)43/h3-15,22-23,32H,16-21,24-26H2,1-2H3/i3D,4D,5D,6D,7D,8D,9D,10D,11D,12D,13D,14D,15D,22D,23D,24D2,25D2,26D2. The number of fused-ring (bicyclic) bond motifs is 1. The summed E-state index contributed by atoms with van der Waals surface area (Å²) in [7, 11) is 1.40. The van der Waals surface area contributed by atoms with Gasteiger partial charge in [0, 0.05) is 64.7 Å². The third-order valence-corrected chi connectivity index (χ3v) is 8.70. The predicted octanol–water partition coefficient (Wildman–Crippen LogP) is 8.71. The highest BCUT2D eigenvalue weighted by Gasteiger charge is 2.32. The number of benzene rings is 4. The number of methoxy groups -OCH3 is 1.